The van der Waals surface area contributed by atoms with E-state index in [1.54, 1.807) is 0 Å². The fraction of sp³-hybridized carbons (Fsp3) is 0.286. The van der Waals surface area contributed by atoms with Crippen LogP contribution in [0, 0.1) is 0 Å². The molecule has 0 unspecified atom stereocenters. The van der Waals surface area contributed by atoms with Gasteiger partial charge in [-0.15, -0.1) is 0 Å². The van der Waals surface area contributed by atoms with Gasteiger partial charge in [0.25, 0.3) is 6.71 Å². The van der Waals surface area contributed by atoms with E-state index in [0.717, 1.165) is 22.9 Å². The van der Waals surface area contributed by atoms with E-state index in [2.05, 4.69) is 162 Å². The van der Waals surface area contributed by atoms with Crippen molar-refractivity contribution in [2.45, 2.75) is 72.1 Å². The molecule has 5 heteroatoms. The molecule has 47 heavy (non-hydrogen) atoms. The molecule has 8 rings (SSSR count). The second-order valence-electron chi connectivity index (χ2n) is 15.6. The summed E-state index contributed by atoms with van der Waals surface area (Å²) >= 11 is 0. The van der Waals surface area contributed by atoms with Gasteiger partial charge in [0.05, 0.1) is 5.69 Å². The third-order valence-corrected chi connectivity index (χ3v) is 10.1. The third-order valence-electron chi connectivity index (χ3n) is 10.1. The first-order valence-electron chi connectivity index (χ1n) is 16.9. The molecule has 0 atom stereocenters. The SMILES string of the molecule is CC(C)c1cc2c3c(c1)N(c1ccccc1)c1c(ccc4c1OCO4)B3c1cc(C(C)(C)C)ccc1N2c1ccc(C(C)(C)C)cc1. The molecule has 0 saturated heterocycles. The standard InChI is InChI=1S/C42H43BN2O2/c1-26(2)27-22-35-38-36(23-27)45(30-12-10-9-11-13-30)39-32(19-21-37-40(39)47-25-46-37)43(38)33-24-29(42(6,7)8)16-20-34(33)44(35)31-17-14-28(15-18-31)41(3,4)5/h9-24,26H,25H2,1-8H3. The van der Waals surface area contributed by atoms with Crippen molar-refractivity contribution in [3.63, 3.8) is 0 Å². The summed E-state index contributed by atoms with van der Waals surface area (Å²) in [5, 5.41) is 0. The van der Waals surface area contributed by atoms with E-state index < -0.39 is 0 Å². The largest absolute Gasteiger partial charge is 0.454 e. The van der Waals surface area contributed by atoms with Crippen molar-refractivity contribution in [2.75, 3.05) is 16.6 Å². The summed E-state index contributed by atoms with van der Waals surface area (Å²) in [5.41, 5.74) is 14.9. The minimum absolute atomic E-state index is 0.00127. The van der Waals surface area contributed by atoms with Gasteiger partial charge < -0.3 is 19.3 Å². The van der Waals surface area contributed by atoms with E-state index in [0.29, 0.717) is 5.92 Å². The van der Waals surface area contributed by atoms with Gasteiger partial charge in [-0.05, 0) is 98.4 Å². The Morgan fingerprint density at radius 2 is 1.26 bits per heavy atom. The van der Waals surface area contributed by atoms with Gasteiger partial charge in [-0.3, -0.25) is 0 Å². The number of fused-ring (bicyclic) bond motifs is 6. The van der Waals surface area contributed by atoms with Gasteiger partial charge >= 0.3 is 0 Å². The summed E-state index contributed by atoms with van der Waals surface area (Å²) in [7, 11) is 0. The Kier molecular flexibility index (Phi) is 6.60. The number of hydrogen-bond donors (Lipinski definition) is 0. The van der Waals surface area contributed by atoms with Crippen LogP contribution in [0.25, 0.3) is 0 Å². The van der Waals surface area contributed by atoms with Crippen LogP contribution in [0.5, 0.6) is 11.5 Å². The molecule has 3 heterocycles. The molecule has 4 nitrogen and oxygen atoms in total. The van der Waals surface area contributed by atoms with Gasteiger partial charge in [0.2, 0.25) is 6.79 Å². The maximum absolute atomic E-state index is 6.30. The number of benzene rings is 5. The highest BCUT2D eigenvalue weighted by Gasteiger charge is 2.46. The van der Waals surface area contributed by atoms with E-state index in [-0.39, 0.29) is 24.3 Å². The number of rotatable bonds is 3. The van der Waals surface area contributed by atoms with Crippen molar-refractivity contribution in [1.82, 2.24) is 0 Å². The van der Waals surface area contributed by atoms with E-state index in [1.165, 1.54) is 55.8 Å². The summed E-state index contributed by atoms with van der Waals surface area (Å²) in [5.74, 6) is 1.96. The zero-order valence-electron chi connectivity index (χ0n) is 28.8. The number of nitrogens with zero attached hydrogens (tertiary/aromatic N) is 2. The van der Waals surface area contributed by atoms with Gasteiger partial charge in [-0.2, -0.15) is 0 Å². The van der Waals surface area contributed by atoms with Crippen LogP contribution >= 0.6 is 0 Å². The molecule has 5 aromatic carbocycles. The second kappa shape index (κ2) is 10.4. The lowest BCUT2D eigenvalue weighted by atomic mass is 9.33. The molecule has 3 aliphatic rings. The first-order valence-corrected chi connectivity index (χ1v) is 16.9. The van der Waals surface area contributed by atoms with Crippen molar-refractivity contribution in [1.29, 1.82) is 0 Å². The summed E-state index contributed by atoms with van der Waals surface area (Å²) in [6, 6.07) is 36.3. The fourth-order valence-electron chi connectivity index (χ4n) is 7.50. The lowest BCUT2D eigenvalue weighted by Gasteiger charge is -2.45. The van der Waals surface area contributed by atoms with E-state index >= 15 is 0 Å². The predicted molar refractivity (Wildman–Crippen MR) is 198 cm³/mol. The number of anilines is 6. The quantitative estimate of drug-likeness (QED) is 0.184. The predicted octanol–water partition coefficient (Wildman–Crippen LogP) is 9.22. The highest BCUT2D eigenvalue weighted by molar-refractivity contribution is 7.00. The average Bonchev–Trinajstić information content (AvgIpc) is 3.53. The Balaban J connectivity index is 1.49. The zero-order chi connectivity index (χ0) is 32.8. The molecule has 0 N–H and O–H groups in total. The Hall–Kier alpha value is -4.64. The van der Waals surface area contributed by atoms with E-state index in [1.807, 2.05) is 0 Å². The van der Waals surface area contributed by atoms with Crippen LogP contribution in [0.2, 0.25) is 0 Å². The van der Waals surface area contributed by atoms with Crippen LogP contribution < -0.4 is 35.7 Å². The van der Waals surface area contributed by atoms with Crippen LogP contribution in [0.15, 0.2) is 97.1 Å². The molecular formula is C42H43BN2O2. The maximum Gasteiger partial charge on any atom is 0.252 e. The molecule has 0 aromatic heterocycles. The Morgan fingerprint density at radius 1 is 0.617 bits per heavy atom. The second-order valence-corrected chi connectivity index (χ2v) is 15.6. The Bertz CT molecular complexity index is 2020. The number of hydrogen-bond acceptors (Lipinski definition) is 4. The van der Waals surface area contributed by atoms with Gasteiger partial charge in [0.1, 0.15) is 0 Å². The summed E-state index contributed by atoms with van der Waals surface area (Å²) in [6.45, 7) is 18.6. The van der Waals surface area contributed by atoms with Crippen LogP contribution in [-0.2, 0) is 10.8 Å². The molecule has 0 saturated carbocycles. The zero-order valence-corrected chi connectivity index (χ0v) is 28.8. The highest BCUT2D eigenvalue weighted by Crippen LogP contribution is 2.51. The van der Waals surface area contributed by atoms with E-state index in [9.17, 15) is 0 Å². The number of para-hydroxylation sites is 1. The molecular weight excluding hydrogens is 575 g/mol. The molecule has 0 amide bonds. The Labute approximate surface area is 280 Å². The summed E-state index contributed by atoms with van der Waals surface area (Å²) in [4.78, 5) is 4.93. The molecule has 0 aliphatic carbocycles. The normalized spacial score (nSPS) is 14.7. The first kappa shape index (κ1) is 29.7. The van der Waals surface area contributed by atoms with Gasteiger partial charge in [0.15, 0.2) is 11.5 Å². The minimum atomic E-state index is 0.00127. The lowest BCUT2D eigenvalue weighted by molar-refractivity contribution is 0.174. The monoisotopic (exact) mass is 618 g/mol. The molecule has 236 valence electrons. The summed E-state index contributed by atoms with van der Waals surface area (Å²) in [6.07, 6.45) is 0. The smallest absolute Gasteiger partial charge is 0.252 e. The molecule has 0 radical (unpaired) electrons. The van der Waals surface area contributed by atoms with Crippen LogP contribution in [0.4, 0.5) is 34.1 Å². The molecule has 5 aromatic rings. The molecule has 3 aliphatic heterocycles. The van der Waals surface area contributed by atoms with Crippen molar-refractivity contribution in [2.24, 2.45) is 0 Å². The molecule has 0 spiro atoms. The van der Waals surface area contributed by atoms with Crippen molar-refractivity contribution in [3.8, 4) is 11.5 Å². The maximum atomic E-state index is 6.30. The lowest BCUT2D eigenvalue weighted by Crippen LogP contribution is -2.61. The first-order chi connectivity index (χ1) is 22.4. The average molecular weight is 619 g/mol. The van der Waals surface area contributed by atoms with Gasteiger partial charge in [0, 0.05) is 28.4 Å². The van der Waals surface area contributed by atoms with Crippen molar-refractivity contribution < 1.29 is 9.47 Å². The number of ether oxygens (including phenoxy) is 2. The van der Waals surface area contributed by atoms with Crippen molar-refractivity contribution in [3.05, 3.63) is 114 Å². The minimum Gasteiger partial charge on any atom is -0.454 e. The van der Waals surface area contributed by atoms with Crippen LogP contribution in [0.1, 0.15) is 78.0 Å². The van der Waals surface area contributed by atoms with Gasteiger partial charge in [-0.25, -0.2) is 0 Å². The van der Waals surface area contributed by atoms with E-state index in [4.69, 9.17) is 9.47 Å². The fourth-order valence-corrected chi connectivity index (χ4v) is 7.50. The topological polar surface area (TPSA) is 24.9 Å². The molecule has 0 fully saturated rings. The highest BCUT2D eigenvalue weighted by atomic mass is 16.7. The Morgan fingerprint density at radius 3 is 1.91 bits per heavy atom. The van der Waals surface area contributed by atoms with Crippen molar-refractivity contribution >= 4 is 57.2 Å². The van der Waals surface area contributed by atoms with Gasteiger partial charge in [-0.1, -0.05) is 104 Å². The van der Waals surface area contributed by atoms with Crippen LogP contribution in [-0.4, -0.2) is 13.5 Å². The third kappa shape index (κ3) is 4.65. The van der Waals surface area contributed by atoms with Crippen LogP contribution in [0.3, 0.4) is 0 Å². The summed E-state index contributed by atoms with van der Waals surface area (Å²) < 4.78 is 12.3. The molecule has 0 bridgehead atoms.